The molecule has 0 saturated heterocycles. The van der Waals surface area contributed by atoms with E-state index in [9.17, 15) is 9.59 Å². The van der Waals surface area contributed by atoms with Gasteiger partial charge in [0, 0.05) is 12.6 Å². The summed E-state index contributed by atoms with van der Waals surface area (Å²) in [4.78, 5) is 22.9. The van der Waals surface area contributed by atoms with Gasteiger partial charge in [0.25, 0.3) is 0 Å². The standard InChI is InChI=1S/C15H28N2O3/c1-4-7-11(13(18)19)10-16-14(20)17-12-8-5-6-9-15(12,2)3/h11-12H,4-10H2,1-3H3,(H,18,19)(H2,16,17,20). The third kappa shape index (κ3) is 5.02. The molecule has 0 aromatic carbocycles. The summed E-state index contributed by atoms with van der Waals surface area (Å²) >= 11 is 0. The van der Waals surface area contributed by atoms with Crippen molar-refractivity contribution < 1.29 is 14.7 Å². The first-order valence-corrected chi connectivity index (χ1v) is 7.64. The Morgan fingerprint density at radius 2 is 2.05 bits per heavy atom. The number of carbonyl (C=O) groups is 2. The van der Waals surface area contributed by atoms with Crippen molar-refractivity contribution >= 4 is 12.0 Å². The third-order valence-electron chi connectivity index (χ3n) is 4.31. The highest BCUT2D eigenvalue weighted by Crippen LogP contribution is 2.35. The molecule has 0 radical (unpaired) electrons. The van der Waals surface area contributed by atoms with Crippen molar-refractivity contribution in [1.29, 1.82) is 0 Å². The van der Waals surface area contributed by atoms with Crippen molar-refractivity contribution in [2.45, 2.75) is 65.3 Å². The van der Waals surface area contributed by atoms with Crippen LogP contribution < -0.4 is 10.6 Å². The summed E-state index contributed by atoms with van der Waals surface area (Å²) in [5.41, 5.74) is 0.116. The van der Waals surface area contributed by atoms with Gasteiger partial charge in [-0.25, -0.2) is 4.79 Å². The second-order valence-corrected chi connectivity index (χ2v) is 6.47. The van der Waals surface area contributed by atoms with Crippen LogP contribution in [0.2, 0.25) is 0 Å². The maximum atomic E-state index is 11.9. The number of urea groups is 1. The Hall–Kier alpha value is -1.26. The van der Waals surface area contributed by atoms with Gasteiger partial charge in [0.15, 0.2) is 0 Å². The molecule has 1 rings (SSSR count). The number of hydrogen-bond donors (Lipinski definition) is 3. The van der Waals surface area contributed by atoms with E-state index in [0.717, 1.165) is 25.7 Å². The first-order chi connectivity index (χ1) is 9.36. The van der Waals surface area contributed by atoms with Crippen molar-refractivity contribution in [1.82, 2.24) is 10.6 Å². The quantitative estimate of drug-likeness (QED) is 0.701. The molecule has 2 unspecified atom stereocenters. The summed E-state index contributed by atoms with van der Waals surface area (Å²) < 4.78 is 0. The van der Waals surface area contributed by atoms with E-state index in [4.69, 9.17) is 5.11 Å². The van der Waals surface area contributed by atoms with Crippen LogP contribution in [0.15, 0.2) is 0 Å². The number of amides is 2. The fourth-order valence-corrected chi connectivity index (χ4v) is 2.85. The molecule has 0 aliphatic heterocycles. The van der Waals surface area contributed by atoms with Gasteiger partial charge in [0.2, 0.25) is 0 Å². The Kier molecular flexibility index (Phi) is 6.30. The zero-order chi connectivity index (χ0) is 15.2. The fraction of sp³-hybridized carbons (Fsp3) is 0.867. The monoisotopic (exact) mass is 284 g/mol. The molecule has 5 heteroatoms. The minimum Gasteiger partial charge on any atom is -0.481 e. The Morgan fingerprint density at radius 3 is 2.60 bits per heavy atom. The average Bonchev–Trinajstić information content (AvgIpc) is 2.36. The van der Waals surface area contributed by atoms with Crippen molar-refractivity contribution in [2.24, 2.45) is 11.3 Å². The summed E-state index contributed by atoms with van der Waals surface area (Å²) in [7, 11) is 0. The van der Waals surface area contributed by atoms with E-state index in [1.807, 2.05) is 6.92 Å². The lowest BCUT2D eigenvalue weighted by atomic mass is 9.73. The second-order valence-electron chi connectivity index (χ2n) is 6.47. The largest absolute Gasteiger partial charge is 0.481 e. The topological polar surface area (TPSA) is 78.4 Å². The molecule has 116 valence electrons. The van der Waals surface area contributed by atoms with E-state index in [2.05, 4.69) is 24.5 Å². The molecule has 0 heterocycles. The number of hydrogen-bond acceptors (Lipinski definition) is 2. The van der Waals surface area contributed by atoms with Gasteiger partial charge in [-0.2, -0.15) is 0 Å². The van der Waals surface area contributed by atoms with Crippen LogP contribution in [0.1, 0.15) is 59.3 Å². The maximum Gasteiger partial charge on any atom is 0.315 e. The zero-order valence-corrected chi connectivity index (χ0v) is 12.9. The predicted molar refractivity (Wildman–Crippen MR) is 78.6 cm³/mol. The summed E-state index contributed by atoms with van der Waals surface area (Å²) in [5, 5.41) is 14.8. The van der Waals surface area contributed by atoms with Gasteiger partial charge in [0.05, 0.1) is 5.92 Å². The van der Waals surface area contributed by atoms with Crippen LogP contribution in [0.5, 0.6) is 0 Å². The van der Waals surface area contributed by atoms with Gasteiger partial charge in [0.1, 0.15) is 0 Å². The molecule has 2 amide bonds. The lowest BCUT2D eigenvalue weighted by Crippen LogP contribution is -2.51. The van der Waals surface area contributed by atoms with Gasteiger partial charge in [-0.15, -0.1) is 0 Å². The SMILES string of the molecule is CCCC(CNC(=O)NC1CCCCC1(C)C)C(=O)O. The highest BCUT2D eigenvalue weighted by atomic mass is 16.4. The number of carboxylic acid groups (broad SMARTS) is 1. The molecule has 0 aromatic heterocycles. The Balaban J connectivity index is 2.41. The molecular formula is C15H28N2O3. The third-order valence-corrected chi connectivity index (χ3v) is 4.31. The molecule has 1 saturated carbocycles. The molecule has 3 N–H and O–H groups in total. The van der Waals surface area contributed by atoms with Crippen LogP contribution in [0, 0.1) is 11.3 Å². The van der Waals surface area contributed by atoms with Gasteiger partial charge < -0.3 is 15.7 Å². The van der Waals surface area contributed by atoms with Crippen molar-refractivity contribution in [3.8, 4) is 0 Å². The van der Waals surface area contributed by atoms with E-state index in [-0.39, 0.29) is 24.0 Å². The van der Waals surface area contributed by atoms with Crippen molar-refractivity contribution in [3.63, 3.8) is 0 Å². The Morgan fingerprint density at radius 1 is 1.35 bits per heavy atom. The summed E-state index contributed by atoms with van der Waals surface area (Å²) in [5.74, 6) is -1.34. The van der Waals surface area contributed by atoms with Crippen molar-refractivity contribution in [2.75, 3.05) is 6.54 Å². The number of rotatable bonds is 6. The summed E-state index contributed by atoms with van der Waals surface area (Å²) in [6.45, 7) is 6.49. The van der Waals surface area contributed by atoms with Gasteiger partial charge in [-0.1, -0.05) is 40.0 Å². The summed E-state index contributed by atoms with van der Waals surface area (Å²) in [6, 6.07) is -0.0713. The number of aliphatic carboxylic acids is 1. The van der Waals surface area contributed by atoms with Crippen LogP contribution >= 0.6 is 0 Å². The van der Waals surface area contributed by atoms with Crippen LogP contribution in [0.3, 0.4) is 0 Å². The first kappa shape index (κ1) is 16.8. The minimum atomic E-state index is -0.842. The number of carboxylic acids is 1. The molecule has 0 bridgehead atoms. The molecule has 1 fully saturated rings. The molecule has 1 aliphatic carbocycles. The highest BCUT2D eigenvalue weighted by Gasteiger charge is 2.33. The van der Waals surface area contributed by atoms with E-state index in [0.29, 0.717) is 6.42 Å². The van der Waals surface area contributed by atoms with Gasteiger partial charge >= 0.3 is 12.0 Å². The molecule has 0 aromatic rings. The van der Waals surface area contributed by atoms with Crippen LogP contribution in [-0.4, -0.2) is 29.7 Å². The first-order valence-electron chi connectivity index (χ1n) is 7.64. The van der Waals surface area contributed by atoms with E-state index >= 15 is 0 Å². The maximum absolute atomic E-state index is 11.9. The van der Waals surface area contributed by atoms with Gasteiger partial charge in [-0.3, -0.25) is 4.79 Å². The second kappa shape index (κ2) is 7.50. The fourth-order valence-electron chi connectivity index (χ4n) is 2.85. The highest BCUT2D eigenvalue weighted by molar-refractivity contribution is 5.76. The van der Waals surface area contributed by atoms with Crippen LogP contribution in [0.4, 0.5) is 4.79 Å². The van der Waals surface area contributed by atoms with E-state index in [1.54, 1.807) is 0 Å². The van der Waals surface area contributed by atoms with Crippen molar-refractivity contribution in [3.05, 3.63) is 0 Å². The average molecular weight is 284 g/mol. The predicted octanol–water partition coefficient (Wildman–Crippen LogP) is 2.76. The smallest absolute Gasteiger partial charge is 0.315 e. The Bertz CT molecular complexity index is 342. The number of carbonyl (C=O) groups excluding carboxylic acids is 1. The molecule has 5 nitrogen and oxygen atoms in total. The molecule has 1 aliphatic rings. The van der Waals surface area contributed by atoms with E-state index < -0.39 is 11.9 Å². The molecule has 2 atom stereocenters. The molecular weight excluding hydrogens is 256 g/mol. The van der Waals surface area contributed by atoms with Gasteiger partial charge in [-0.05, 0) is 24.7 Å². The van der Waals surface area contributed by atoms with Crippen LogP contribution in [0.25, 0.3) is 0 Å². The molecule has 0 spiro atoms. The molecule has 20 heavy (non-hydrogen) atoms. The number of nitrogens with one attached hydrogen (secondary N) is 2. The normalized spacial score (nSPS) is 22.9. The minimum absolute atomic E-state index is 0.116. The lowest BCUT2D eigenvalue weighted by molar-refractivity contribution is -0.141. The Labute approximate surface area is 121 Å². The van der Waals surface area contributed by atoms with E-state index in [1.165, 1.54) is 6.42 Å². The lowest BCUT2D eigenvalue weighted by Gasteiger charge is -2.39. The zero-order valence-electron chi connectivity index (χ0n) is 12.9. The summed E-state index contributed by atoms with van der Waals surface area (Å²) in [6.07, 6.45) is 5.86. The van der Waals surface area contributed by atoms with Crippen LogP contribution in [-0.2, 0) is 4.79 Å².